The Morgan fingerprint density at radius 3 is 2.44 bits per heavy atom. The highest BCUT2D eigenvalue weighted by molar-refractivity contribution is 7.13. The van der Waals surface area contributed by atoms with Gasteiger partial charge in [0, 0.05) is 22.7 Å². The quantitative estimate of drug-likeness (QED) is 0.763. The zero-order chi connectivity index (χ0) is 12.4. The van der Waals surface area contributed by atoms with Gasteiger partial charge < -0.3 is 5.73 Å². The number of rotatable bonds is 2. The highest BCUT2D eigenvalue weighted by Gasteiger charge is 2.03. The van der Waals surface area contributed by atoms with Gasteiger partial charge in [0.2, 0.25) is 0 Å². The van der Waals surface area contributed by atoms with Crippen LogP contribution >= 0.6 is 11.3 Å². The molecule has 0 atom stereocenters. The van der Waals surface area contributed by atoms with Crippen molar-refractivity contribution in [1.82, 2.24) is 15.0 Å². The average Bonchev–Trinajstić information content (AvgIpc) is 2.93. The van der Waals surface area contributed by atoms with Crippen LogP contribution in [0.1, 0.15) is 0 Å². The van der Waals surface area contributed by atoms with Crippen LogP contribution in [0.2, 0.25) is 0 Å². The second-order valence-electron chi connectivity index (χ2n) is 3.74. The number of benzene rings is 1. The molecule has 0 radical (unpaired) electrons. The molecule has 4 nitrogen and oxygen atoms in total. The number of hydrogen-bond acceptors (Lipinski definition) is 5. The first-order valence-corrected chi connectivity index (χ1v) is 6.29. The lowest BCUT2D eigenvalue weighted by molar-refractivity contribution is 1.22. The van der Waals surface area contributed by atoms with Gasteiger partial charge in [-0.05, 0) is 0 Å². The third kappa shape index (κ3) is 2.08. The van der Waals surface area contributed by atoms with Crippen LogP contribution in [0.25, 0.3) is 21.8 Å². The van der Waals surface area contributed by atoms with E-state index in [4.69, 9.17) is 5.73 Å². The Bertz CT molecular complexity index is 647. The summed E-state index contributed by atoms with van der Waals surface area (Å²) in [6.45, 7) is 0. The van der Waals surface area contributed by atoms with Crippen LogP contribution in [0.4, 0.5) is 5.82 Å². The number of thiazole rings is 1. The lowest BCUT2D eigenvalue weighted by Crippen LogP contribution is -1.93. The number of nitrogens with two attached hydrogens (primary N) is 1. The molecule has 0 unspecified atom stereocenters. The van der Waals surface area contributed by atoms with Crippen molar-refractivity contribution in [2.24, 2.45) is 0 Å². The lowest BCUT2D eigenvalue weighted by Gasteiger charge is -2.02. The summed E-state index contributed by atoms with van der Waals surface area (Å²) < 4.78 is 0. The molecule has 3 rings (SSSR count). The van der Waals surface area contributed by atoms with Gasteiger partial charge in [-0.15, -0.1) is 11.3 Å². The van der Waals surface area contributed by atoms with E-state index in [1.807, 2.05) is 29.6 Å². The fraction of sp³-hybridized carbons (Fsp3) is 0. The molecule has 0 aliphatic carbocycles. The predicted octanol–water partition coefficient (Wildman–Crippen LogP) is 2.85. The Labute approximate surface area is 108 Å². The maximum absolute atomic E-state index is 5.62. The smallest absolute Gasteiger partial charge is 0.142 e. The Morgan fingerprint density at radius 1 is 1.00 bits per heavy atom. The molecule has 2 heterocycles. The van der Waals surface area contributed by atoms with Crippen LogP contribution in [-0.2, 0) is 0 Å². The largest absolute Gasteiger partial charge is 0.382 e. The van der Waals surface area contributed by atoms with Crippen molar-refractivity contribution in [3.05, 3.63) is 48.2 Å². The SMILES string of the molecule is Nc1cncc(-c2ccc(-c3nccs3)cc2)n1. The van der Waals surface area contributed by atoms with Crippen LogP contribution in [0, 0.1) is 0 Å². The maximum Gasteiger partial charge on any atom is 0.142 e. The first kappa shape index (κ1) is 10.9. The molecular formula is C13H10N4S. The standard InChI is InChI=1S/C13H10N4S/c14-12-8-15-7-11(17-12)9-1-3-10(4-2-9)13-16-5-6-18-13/h1-8H,(H2,14,17). The first-order chi connectivity index (χ1) is 8.83. The Hall–Kier alpha value is -2.27. The maximum atomic E-state index is 5.62. The number of aromatic nitrogens is 3. The molecular weight excluding hydrogens is 244 g/mol. The summed E-state index contributed by atoms with van der Waals surface area (Å²) in [5, 5.41) is 2.98. The molecule has 0 bridgehead atoms. The third-order valence-electron chi connectivity index (χ3n) is 2.51. The molecule has 1 aromatic carbocycles. The predicted molar refractivity (Wildman–Crippen MR) is 73.0 cm³/mol. The Morgan fingerprint density at radius 2 is 1.78 bits per heavy atom. The highest BCUT2D eigenvalue weighted by Crippen LogP contribution is 2.25. The van der Waals surface area contributed by atoms with Gasteiger partial charge >= 0.3 is 0 Å². The van der Waals surface area contributed by atoms with Gasteiger partial charge in [0.25, 0.3) is 0 Å². The molecule has 2 N–H and O–H groups in total. The minimum Gasteiger partial charge on any atom is -0.382 e. The molecule has 88 valence electrons. The van der Waals surface area contributed by atoms with Crippen molar-refractivity contribution >= 4 is 17.2 Å². The molecule has 0 amide bonds. The second-order valence-corrected chi connectivity index (χ2v) is 4.64. The van der Waals surface area contributed by atoms with Crippen LogP contribution in [0.5, 0.6) is 0 Å². The van der Waals surface area contributed by atoms with E-state index in [0.29, 0.717) is 5.82 Å². The summed E-state index contributed by atoms with van der Waals surface area (Å²) in [6.07, 6.45) is 5.04. The second kappa shape index (κ2) is 4.54. The molecule has 0 saturated carbocycles. The van der Waals surface area contributed by atoms with Crippen molar-refractivity contribution in [2.75, 3.05) is 5.73 Å². The van der Waals surface area contributed by atoms with Crippen molar-refractivity contribution in [1.29, 1.82) is 0 Å². The van der Waals surface area contributed by atoms with E-state index in [-0.39, 0.29) is 0 Å². The summed E-state index contributed by atoms with van der Waals surface area (Å²) in [5.74, 6) is 0.427. The topological polar surface area (TPSA) is 64.7 Å². The monoisotopic (exact) mass is 254 g/mol. The molecule has 0 fully saturated rings. The third-order valence-corrected chi connectivity index (χ3v) is 3.34. The van der Waals surface area contributed by atoms with Crippen LogP contribution in [-0.4, -0.2) is 15.0 Å². The zero-order valence-corrected chi connectivity index (χ0v) is 10.3. The Kier molecular flexibility index (Phi) is 2.74. The van der Waals surface area contributed by atoms with E-state index in [1.54, 1.807) is 23.7 Å². The van der Waals surface area contributed by atoms with E-state index in [1.165, 1.54) is 6.20 Å². The fourth-order valence-corrected chi connectivity index (χ4v) is 2.31. The van der Waals surface area contributed by atoms with Crippen molar-refractivity contribution in [3.63, 3.8) is 0 Å². The molecule has 18 heavy (non-hydrogen) atoms. The molecule has 0 spiro atoms. The summed E-state index contributed by atoms with van der Waals surface area (Å²) >= 11 is 1.62. The van der Waals surface area contributed by atoms with Crippen LogP contribution < -0.4 is 5.73 Å². The Balaban J connectivity index is 1.96. The van der Waals surface area contributed by atoms with E-state index in [0.717, 1.165) is 21.8 Å². The van der Waals surface area contributed by atoms with Crippen LogP contribution in [0.3, 0.4) is 0 Å². The van der Waals surface area contributed by atoms with Gasteiger partial charge in [-0.25, -0.2) is 9.97 Å². The number of nitrogens with zero attached hydrogens (tertiary/aromatic N) is 3. The van der Waals surface area contributed by atoms with Crippen molar-refractivity contribution < 1.29 is 0 Å². The molecule has 5 heteroatoms. The minimum atomic E-state index is 0.427. The molecule has 0 saturated heterocycles. The fourth-order valence-electron chi connectivity index (χ4n) is 1.67. The molecule has 0 aliphatic heterocycles. The van der Waals surface area contributed by atoms with Gasteiger partial charge in [0.15, 0.2) is 0 Å². The number of hydrogen-bond donors (Lipinski definition) is 1. The van der Waals surface area contributed by atoms with Gasteiger partial charge in [0.05, 0.1) is 18.1 Å². The van der Waals surface area contributed by atoms with Gasteiger partial charge in [-0.3, -0.25) is 4.98 Å². The van der Waals surface area contributed by atoms with Crippen LogP contribution in [0.15, 0.2) is 48.2 Å². The average molecular weight is 254 g/mol. The van der Waals surface area contributed by atoms with Crippen molar-refractivity contribution in [2.45, 2.75) is 0 Å². The summed E-state index contributed by atoms with van der Waals surface area (Å²) in [6, 6.07) is 8.05. The van der Waals surface area contributed by atoms with Crippen molar-refractivity contribution in [3.8, 4) is 21.8 Å². The summed E-state index contributed by atoms with van der Waals surface area (Å²) in [7, 11) is 0. The number of nitrogen functional groups attached to an aromatic ring is 1. The van der Waals surface area contributed by atoms with E-state index >= 15 is 0 Å². The summed E-state index contributed by atoms with van der Waals surface area (Å²) in [4.78, 5) is 12.5. The van der Waals surface area contributed by atoms with E-state index in [2.05, 4.69) is 15.0 Å². The highest BCUT2D eigenvalue weighted by atomic mass is 32.1. The minimum absolute atomic E-state index is 0.427. The lowest BCUT2D eigenvalue weighted by atomic mass is 10.1. The normalized spacial score (nSPS) is 10.4. The van der Waals surface area contributed by atoms with E-state index < -0.39 is 0 Å². The van der Waals surface area contributed by atoms with Gasteiger partial charge in [-0.2, -0.15) is 0 Å². The first-order valence-electron chi connectivity index (χ1n) is 5.41. The molecule has 3 aromatic rings. The van der Waals surface area contributed by atoms with Gasteiger partial charge in [-0.1, -0.05) is 24.3 Å². The van der Waals surface area contributed by atoms with Gasteiger partial charge in [0.1, 0.15) is 10.8 Å². The molecule has 0 aliphatic rings. The number of anilines is 1. The zero-order valence-electron chi connectivity index (χ0n) is 9.45. The molecule has 2 aromatic heterocycles. The summed E-state index contributed by atoms with van der Waals surface area (Å²) in [5.41, 5.74) is 8.50. The van der Waals surface area contributed by atoms with E-state index in [9.17, 15) is 0 Å².